The Morgan fingerprint density at radius 3 is 2.73 bits per heavy atom. The van der Waals surface area contributed by atoms with E-state index in [1.54, 1.807) is 35.0 Å². The number of fused-ring (bicyclic) bond motifs is 1. The Hall–Kier alpha value is -3.52. The van der Waals surface area contributed by atoms with E-state index < -0.39 is 11.9 Å². The molecule has 8 heteroatoms. The molecule has 1 N–H and O–H groups in total. The maximum atomic E-state index is 13.3. The van der Waals surface area contributed by atoms with E-state index in [0.717, 1.165) is 5.56 Å². The van der Waals surface area contributed by atoms with Crippen LogP contribution in [0, 0.1) is 12.7 Å². The summed E-state index contributed by atoms with van der Waals surface area (Å²) in [5, 5.41) is 4.86. The van der Waals surface area contributed by atoms with Gasteiger partial charge in [0, 0.05) is 23.3 Å². The number of benzene rings is 1. The molecule has 0 spiro atoms. The third kappa shape index (κ3) is 3.81. The summed E-state index contributed by atoms with van der Waals surface area (Å²) in [6.07, 6.45) is 3.46. The molecule has 0 fully saturated rings. The first-order valence-corrected chi connectivity index (χ1v) is 10.2. The van der Waals surface area contributed by atoms with Crippen LogP contribution in [0.1, 0.15) is 33.3 Å². The zero-order chi connectivity index (χ0) is 21.3. The van der Waals surface area contributed by atoms with Crippen molar-refractivity contribution in [1.82, 2.24) is 9.38 Å². The fourth-order valence-electron chi connectivity index (χ4n) is 3.06. The summed E-state index contributed by atoms with van der Waals surface area (Å²) in [7, 11) is 0. The van der Waals surface area contributed by atoms with Gasteiger partial charge < -0.3 is 14.5 Å². The minimum absolute atomic E-state index is 0.191. The van der Waals surface area contributed by atoms with E-state index in [1.165, 1.54) is 23.5 Å². The van der Waals surface area contributed by atoms with E-state index in [4.69, 9.17) is 4.74 Å². The van der Waals surface area contributed by atoms with E-state index in [0.29, 0.717) is 21.8 Å². The molecule has 30 heavy (non-hydrogen) atoms. The Kier molecular flexibility index (Phi) is 5.33. The van der Waals surface area contributed by atoms with Crippen molar-refractivity contribution >= 4 is 33.9 Å². The van der Waals surface area contributed by atoms with E-state index in [1.807, 2.05) is 25.3 Å². The SMILES string of the molecule is CCOC(=O)c1c(-c2ccc(F)cc2)csc1NC(=O)c1cn2ccc(C)cc2n1. The fraction of sp³-hybridized carbons (Fsp3) is 0.136. The Bertz CT molecular complexity index is 1240. The Labute approximate surface area is 176 Å². The summed E-state index contributed by atoms with van der Waals surface area (Å²) in [4.78, 5) is 29.8. The van der Waals surface area contributed by atoms with Crippen LogP contribution < -0.4 is 5.32 Å². The number of carbonyl (C=O) groups excluding carboxylic acids is 2. The van der Waals surface area contributed by atoms with Crippen molar-refractivity contribution in [1.29, 1.82) is 0 Å². The average Bonchev–Trinajstić information content (AvgIpc) is 3.32. The lowest BCUT2D eigenvalue weighted by Crippen LogP contribution is -2.15. The number of aryl methyl sites for hydroxylation is 1. The molecule has 4 aromatic rings. The summed E-state index contributed by atoms with van der Waals surface area (Å²) in [6, 6.07) is 9.59. The zero-order valence-corrected chi connectivity index (χ0v) is 17.1. The number of thiophene rings is 1. The van der Waals surface area contributed by atoms with Gasteiger partial charge in [-0.25, -0.2) is 14.2 Å². The molecule has 0 atom stereocenters. The predicted octanol–water partition coefficient (Wildman–Crippen LogP) is 4.94. The second-order valence-electron chi connectivity index (χ2n) is 6.63. The summed E-state index contributed by atoms with van der Waals surface area (Å²) in [5.41, 5.74) is 3.38. The lowest BCUT2D eigenvalue weighted by Gasteiger charge is -2.08. The molecular weight excluding hydrogens is 405 g/mol. The van der Waals surface area contributed by atoms with Crippen molar-refractivity contribution < 1.29 is 18.7 Å². The monoisotopic (exact) mass is 423 g/mol. The number of halogens is 1. The second-order valence-corrected chi connectivity index (χ2v) is 7.51. The van der Waals surface area contributed by atoms with E-state index in [-0.39, 0.29) is 23.7 Å². The van der Waals surface area contributed by atoms with E-state index in [2.05, 4.69) is 10.3 Å². The highest BCUT2D eigenvalue weighted by Crippen LogP contribution is 2.36. The standard InChI is InChI=1S/C22H18FN3O3S/c1-3-29-22(28)19-16(14-4-6-15(23)7-5-14)12-30-21(19)25-20(27)17-11-26-9-8-13(2)10-18(26)24-17/h4-12H,3H2,1-2H3,(H,25,27). The van der Waals surface area contributed by atoms with Crippen molar-refractivity contribution in [3.05, 3.63) is 76.8 Å². The minimum Gasteiger partial charge on any atom is -0.462 e. The highest BCUT2D eigenvalue weighted by atomic mass is 32.1. The van der Waals surface area contributed by atoms with Crippen LogP contribution >= 0.6 is 11.3 Å². The van der Waals surface area contributed by atoms with Gasteiger partial charge in [0.2, 0.25) is 0 Å². The number of imidazole rings is 1. The molecule has 1 amide bonds. The number of hydrogen-bond acceptors (Lipinski definition) is 5. The van der Waals surface area contributed by atoms with Crippen molar-refractivity contribution in [3.8, 4) is 11.1 Å². The number of ether oxygens (including phenoxy) is 1. The smallest absolute Gasteiger partial charge is 0.341 e. The molecule has 0 aliphatic heterocycles. The van der Waals surface area contributed by atoms with Crippen LogP contribution in [0.25, 0.3) is 16.8 Å². The Morgan fingerprint density at radius 1 is 1.23 bits per heavy atom. The molecule has 1 aromatic carbocycles. The summed E-state index contributed by atoms with van der Waals surface area (Å²) < 4.78 is 20.2. The molecular formula is C22H18FN3O3S. The van der Waals surface area contributed by atoms with Gasteiger partial charge in [-0.1, -0.05) is 12.1 Å². The average molecular weight is 423 g/mol. The normalized spacial score (nSPS) is 10.9. The van der Waals surface area contributed by atoms with Crippen molar-refractivity contribution in [2.75, 3.05) is 11.9 Å². The number of carbonyl (C=O) groups is 2. The number of nitrogens with one attached hydrogen (secondary N) is 1. The van der Waals surface area contributed by atoms with E-state index in [9.17, 15) is 14.0 Å². The van der Waals surface area contributed by atoms with Crippen molar-refractivity contribution in [2.24, 2.45) is 0 Å². The molecule has 152 valence electrons. The van der Waals surface area contributed by atoms with Crippen molar-refractivity contribution in [2.45, 2.75) is 13.8 Å². The van der Waals surface area contributed by atoms with Crippen LogP contribution in [0.3, 0.4) is 0 Å². The number of aromatic nitrogens is 2. The number of amides is 1. The minimum atomic E-state index is -0.556. The zero-order valence-electron chi connectivity index (χ0n) is 16.3. The summed E-state index contributed by atoms with van der Waals surface area (Å²) in [5.74, 6) is -1.37. The molecule has 0 bridgehead atoms. The molecule has 3 heterocycles. The number of esters is 1. The largest absolute Gasteiger partial charge is 0.462 e. The quantitative estimate of drug-likeness (QED) is 0.462. The highest BCUT2D eigenvalue weighted by Gasteiger charge is 2.24. The first-order chi connectivity index (χ1) is 14.5. The number of pyridine rings is 1. The van der Waals surface area contributed by atoms with Crippen LogP contribution in [0.4, 0.5) is 9.39 Å². The van der Waals surface area contributed by atoms with E-state index >= 15 is 0 Å². The third-order valence-corrected chi connectivity index (χ3v) is 5.40. The third-order valence-electron chi connectivity index (χ3n) is 4.50. The molecule has 0 saturated carbocycles. The van der Waals surface area contributed by atoms with Crippen LogP contribution in [0.15, 0.2) is 54.2 Å². The molecule has 3 aromatic heterocycles. The molecule has 0 aliphatic carbocycles. The van der Waals surface area contributed by atoms with Crippen LogP contribution in [-0.2, 0) is 4.74 Å². The maximum absolute atomic E-state index is 13.3. The van der Waals surface area contributed by atoms with Gasteiger partial charge in [0.05, 0.1) is 6.61 Å². The fourth-order valence-corrected chi connectivity index (χ4v) is 4.01. The van der Waals surface area contributed by atoms with Crippen molar-refractivity contribution in [3.63, 3.8) is 0 Å². The van der Waals surface area contributed by atoms with Gasteiger partial charge in [-0.2, -0.15) is 0 Å². The lowest BCUT2D eigenvalue weighted by atomic mass is 10.0. The van der Waals surface area contributed by atoms with Gasteiger partial charge in [-0.3, -0.25) is 4.79 Å². The van der Waals surface area contributed by atoms with Gasteiger partial charge in [0.25, 0.3) is 5.91 Å². The molecule has 0 unspecified atom stereocenters. The van der Waals surface area contributed by atoms with Gasteiger partial charge in [-0.05, 0) is 49.2 Å². The van der Waals surface area contributed by atoms with Gasteiger partial charge >= 0.3 is 5.97 Å². The molecule has 0 radical (unpaired) electrons. The van der Waals surface area contributed by atoms with Crippen LogP contribution in [-0.4, -0.2) is 27.9 Å². The molecule has 0 saturated heterocycles. The number of nitrogens with zero attached hydrogens (tertiary/aromatic N) is 2. The number of hydrogen-bond donors (Lipinski definition) is 1. The molecule has 6 nitrogen and oxygen atoms in total. The molecule has 4 rings (SSSR count). The summed E-state index contributed by atoms with van der Waals surface area (Å²) >= 11 is 1.20. The second kappa shape index (κ2) is 8.08. The lowest BCUT2D eigenvalue weighted by molar-refractivity contribution is 0.0529. The molecule has 0 aliphatic rings. The Balaban J connectivity index is 1.69. The maximum Gasteiger partial charge on any atom is 0.341 e. The summed E-state index contributed by atoms with van der Waals surface area (Å²) in [6.45, 7) is 3.85. The topological polar surface area (TPSA) is 72.7 Å². The van der Waals surface area contributed by atoms with Gasteiger partial charge in [-0.15, -0.1) is 11.3 Å². The van der Waals surface area contributed by atoms with Crippen LogP contribution in [0.2, 0.25) is 0 Å². The first kappa shape index (κ1) is 19.8. The predicted molar refractivity (Wildman–Crippen MR) is 114 cm³/mol. The number of anilines is 1. The van der Waals surface area contributed by atoms with Gasteiger partial charge in [0.1, 0.15) is 27.7 Å². The highest BCUT2D eigenvalue weighted by molar-refractivity contribution is 7.15. The Morgan fingerprint density at radius 2 is 2.00 bits per heavy atom. The number of rotatable bonds is 5. The first-order valence-electron chi connectivity index (χ1n) is 9.27. The van der Waals surface area contributed by atoms with Crippen LogP contribution in [0.5, 0.6) is 0 Å². The van der Waals surface area contributed by atoms with Gasteiger partial charge in [0.15, 0.2) is 0 Å².